The van der Waals surface area contributed by atoms with Gasteiger partial charge < -0.3 is 10.1 Å². The molecule has 2 aromatic carbocycles. The van der Waals surface area contributed by atoms with Crippen molar-refractivity contribution in [2.75, 3.05) is 11.9 Å². The van der Waals surface area contributed by atoms with E-state index < -0.39 is 0 Å². The molecule has 0 saturated heterocycles. The average Bonchev–Trinajstić information content (AvgIpc) is 2.43. The molecule has 2 aromatic rings. The molecule has 1 N–H and O–H groups in total. The SMILES string of the molecule is CCOc1ccc(C(=O)Nc2ccc(Cl)cc2Br)cc1. The maximum Gasteiger partial charge on any atom is 0.255 e. The lowest BCUT2D eigenvalue weighted by Gasteiger charge is -2.08. The number of anilines is 1. The molecule has 0 aliphatic carbocycles. The van der Waals surface area contributed by atoms with E-state index in [0.717, 1.165) is 10.2 Å². The Bertz CT molecular complexity index is 614. The molecule has 0 saturated carbocycles. The predicted molar refractivity (Wildman–Crippen MR) is 84.7 cm³/mol. The van der Waals surface area contributed by atoms with Gasteiger partial charge in [0.1, 0.15) is 5.75 Å². The summed E-state index contributed by atoms with van der Waals surface area (Å²) in [5.74, 6) is 0.563. The molecule has 2 rings (SSSR count). The van der Waals surface area contributed by atoms with Crippen LogP contribution >= 0.6 is 27.5 Å². The zero-order valence-corrected chi connectivity index (χ0v) is 13.2. The molecule has 0 heterocycles. The first kappa shape index (κ1) is 14.9. The van der Waals surface area contributed by atoms with Crippen LogP contribution in [0.5, 0.6) is 5.75 Å². The van der Waals surface area contributed by atoms with Gasteiger partial charge in [-0.1, -0.05) is 11.6 Å². The van der Waals surface area contributed by atoms with Crippen LogP contribution in [0.4, 0.5) is 5.69 Å². The minimum Gasteiger partial charge on any atom is -0.494 e. The quantitative estimate of drug-likeness (QED) is 0.860. The second-order valence-electron chi connectivity index (χ2n) is 4.04. The van der Waals surface area contributed by atoms with Crippen LogP contribution in [-0.4, -0.2) is 12.5 Å². The van der Waals surface area contributed by atoms with Crippen LogP contribution in [0.3, 0.4) is 0 Å². The highest BCUT2D eigenvalue weighted by Gasteiger charge is 2.08. The van der Waals surface area contributed by atoms with Crippen LogP contribution < -0.4 is 10.1 Å². The smallest absolute Gasteiger partial charge is 0.255 e. The van der Waals surface area contributed by atoms with Crippen molar-refractivity contribution in [2.45, 2.75) is 6.92 Å². The fraction of sp³-hybridized carbons (Fsp3) is 0.133. The summed E-state index contributed by atoms with van der Waals surface area (Å²) >= 11 is 9.22. The number of hydrogen-bond donors (Lipinski definition) is 1. The van der Waals surface area contributed by atoms with E-state index >= 15 is 0 Å². The first-order chi connectivity index (χ1) is 9.60. The van der Waals surface area contributed by atoms with Gasteiger partial charge in [-0.05, 0) is 65.3 Å². The van der Waals surface area contributed by atoms with Crippen LogP contribution in [0.2, 0.25) is 5.02 Å². The highest BCUT2D eigenvalue weighted by molar-refractivity contribution is 9.10. The Hall–Kier alpha value is -1.52. The number of hydrogen-bond acceptors (Lipinski definition) is 2. The van der Waals surface area contributed by atoms with E-state index in [9.17, 15) is 4.79 Å². The van der Waals surface area contributed by atoms with Gasteiger partial charge >= 0.3 is 0 Å². The Morgan fingerprint density at radius 2 is 1.95 bits per heavy atom. The Kier molecular flexibility index (Phi) is 5.04. The average molecular weight is 355 g/mol. The van der Waals surface area contributed by atoms with Crippen LogP contribution in [-0.2, 0) is 0 Å². The first-order valence-corrected chi connectivity index (χ1v) is 7.26. The Balaban J connectivity index is 2.11. The van der Waals surface area contributed by atoms with Crippen molar-refractivity contribution in [3.63, 3.8) is 0 Å². The molecule has 1 amide bonds. The Morgan fingerprint density at radius 1 is 1.25 bits per heavy atom. The minimum atomic E-state index is -0.184. The normalized spacial score (nSPS) is 10.2. The molecule has 0 bridgehead atoms. The van der Waals surface area contributed by atoms with Gasteiger partial charge in [-0.3, -0.25) is 4.79 Å². The third kappa shape index (κ3) is 3.74. The maximum absolute atomic E-state index is 12.1. The fourth-order valence-corrected chi connectivity index (χ4v) is 2.44. The summed E-state index contributed by atoms with van der Waals surface area (Å²) in [6.45, 7) is 2.52. The molecule has 0 unspecified atom stereocenters. The first-order valence-electron chi connectivity index (χ1n) is 6.09. The lowest BCUT2D eigenvalue weighted by molar-refractivity contribution is 0.102. The number of halogens is 2. The van der Waals surface area contributed by atoms with E-state index in [0.29, 0.717) is 22.9 Å². The molecular formula is C15H13BrClNO2. The lowest BCUT2D eigenvalue weighted by Crippen LogP contribution is -2.12. The highest BCUT2D eigenvalue weighted by atomic mass is 79.9. The van der Waals surface area contributed by atoms with E-state index in [1.807, 2.05) is 6.92 Å². The number of ether oxygens (including phenoxy) is 1. The van der Waals surface area contributed by atoms with Crippen molar-refractivity contribution in [2.24, 2.45) is 0 Å². The summed E-state index contributed by atoms with van der Waals surface area (Å²) in [6, 6.07) is 12.2. The minimum absolute atomic E-state index is 0.184. The maximum atomic E-state index is 12.1. The van der Waals surface area contributed by atoms with Crippen molar-refractivity contribution in [3.05, 3.63) is 57.5 Å². The molecule has 20 heavy (non-hydrogen) atoms. The topological polar surface area (TPSA) is 38.3 Å². The Morgan fingerprint density at radius 3 is 2.55 bits per heavy atom. The van der Waals surface area contributed by atoms with Gasteiger partial charge in [0.25, 0.3) is 5.91 Å². The summed E-state index contributed by atoms with van der Waals surface area (Å²) in [7, 11) is 0. The molecule has 0 radical (unpaired) electrons. The van der Waals surface area contributed by atoms with Gasteiger partial charge in [0, 0.05) is 15.1 Å². The van der Waals surface area contributed by atoms with Crippen molar-refractivity contribution < 1.29 is 9.53 Å². The number of benzene rings is 2. The number of rotatable bonds is 4. The zero-order valence-electron chi connectivity index (χ0n) is 10.8. The van der Waals surface area contributed by atoms with Crippen molar-refractivity contribution in [1.29, 1.82) is 0 Å². The van der Waals surface area contributed by atoms with E-state index in [4.69, 9.17) is 16.3 Å². The van der Waals surface area contributed by atoms with Crippen LogP contribution in [0.1, 0.15) is 17.3 Å². The number of carbonyl (C=O) groups excluding carboxylic acids is 1. The number of amides is 1. The third-order valence-electron chi connectivity index (χ3n) is 2.61. The van der Waals surface area contributed by atoms with Gasteiger partial charge in [-0.15, -0.1) is 0 Å². The molecule has 0 fully saturated rings. The standard InChI is InChI=1S/C15H13BrClNO2/c1-2-20-12-6-3-10(4-7-12)15(19)18-14-8-5-11(17)9-13(14)16/h3-9H,2H2,1H3,(H,18,19). The van der Waals surface area contributed by atoms with Crippen molar-refractivity contribution >= 4 is 39.1 Å². The van der Waals surface area contributed by atoms with Gasteiger partial charge in [-0.2, -0.15) is 0 Å². The van der Waals surface area contributed by atoms with E-state index in [1.165, 1.54) is 0 Å². The van der Waals surface area contributed by atoms with Gasteiger partial charge in [0.05, 0.1) is 12.3 Å². The second-order valence-corrected chi connectivity index (χ2v) is 5.33. The largest absolute Gasteiger partial charge is 0.494 e. The van der Waals surface area contributed by atoms with Gasteiger partial charge in [0.15, 0.2) is 0 Å². The summed E-state index contributed by atoms with van der Waals surface area (Å²) < 4.78 is 6.08. The second kappa shape index (κ2) is 6.77. The molecule has 104 valence electrons. The molecule has 0 atom stereocenters. The fourth-order valence-electron chi connectivity index (χ4n) is 1.65. The van der Waals surface area contributed by atoms with E-state index in [1.54, 1.807) is 42.5 Å². The van der Waals surface area contributed by atoms with Gasteiger partial charge in [0.2, 0.25) is 0 Å². The third-order valence-corrected chi connectivity index (χ3v) is 3.50. The monoisotopic (exact) mass is 353 g/mol. The summed E-state index contributed by atoms with van der Waals surface area (Å²) in [5.41, 5.74) is 1.24. The summed E-state index contributed by atoms with van der Waals surface area (Å²) in [6.07, 6.45) is 0. The number of carbonyl (C=O) groups is 1. The van der Waals surface area contributed by atoms with Crippen LogP contribution in [0.25, 0.3) is 0 Å². The summed E-state index contributed by atoms with van der Waals surface area (Å²) in [5, 5.41) is 3.43. The molecular weight excluding hydrogens is 342 g/mol. The van der Waals surface area contributed by atoms with E-state index in [-0.39, 0.29) is 5.91 Å². The molecule has 0 aromatic heterocycles. The molecule has 5 heteroatoms. The van der Waals surface area contributed by atoms with Crippen molar-refractivity contribution in [1.82, 2.24) is 0 Å². The highest BCUT2D eigenvalue weighted by Crippen LogP contribution is 2.26. The Labute approximate surface area is 131 Å². The predicted octanol–water partition coefficient (Wildman–Crippen LogP) is 4.75. The van der Waals surface area contributed by atoms with Crippen molar-refractivity contribution in [3.8, 4) is 5.75 Å². The van der Waals surface area contributed by atoms with Gasteiger partial charge in [-0.25, -0.2) is 0 Å². The molecule has 0 spiro atoms. The molecule has 3 nitrogen and oxygen atoms in total. The van der Waals surface area contributed by atoms with Crippen LogP contribution in [0, 0.1) is 0 Å². The summed E-state index contributed by atoms with van der Waals surface area (Å²) in [4.78, 5) is 12.1. The van der Waals surface area contributed by atoms with E-state index in [2.05, 4.69) is 21.2 Å². The lowest BCUT2D eigenvalue weighted by atomic mass is 10.2. The number of nitrogens with one attached hydrogen (secondary N) is 1. The molecule has 0 aliphatic rings. The zero-order chi connectivity index (χ0) is 14.5. The van der Waals surface area contributed by atoms with Crippen LogP contribution in [0.15, 0.2) is 46.9 Å². The molecule has 0 aliphatic heterocycles.